The van der Waals surface area contributed by atoms with Crippen LogP contribution in [0.4, 0.5) is 0 Å². The van der Waals surface area contributed by atoms with E-state index in [-0.39, 0.29) is 11.8 Å². The summed E-state index contributed by atoms with van der Waals surface area (Å²) < 4.78 is 24.1. The van der Waals surface area contributed by atoms with Gasteiger partial charge in [0.1, 0.15) is 5.78 Å². The van der Waals surface area contributed by atoms with Gasteiger partial charge in [-0.25, -0.2) is 0 Å². The second-order valence-electron chi connectivity index (χ2n) is 7.40. The van der Waals surface area contributed by atoms with Crippen molar-refractivity contribution >= 4 is 7.60 Å². The maximum Gasteiger partial charge on any atom is 0.346 e. The molecule has 1 atom stereocenters. The van der Waals surface area contributed by atoms with Gasteiger partial charge in [-0.1, -0.05) is 106 Å². The summed E-state index contributed by atoms with van der Waals surface area (Å²) in [5.74, 6) is -0.367. The minimum atomic E-state index is -3.26. The van der Waals surface area contributed by atoms with Gasteiger partial charge >= 0.3 is 7.60 Å². The minimum Gasteiger partial charge on any atom is -0.311 e. The molecule has 0 fully saturated rings. The molecule has 1 N–H and O–H groups in total. The third-order valence-electron chi connectivity index (χ3n) is 5.35. The normalized spacial score (nSPS) is 13.0. The lowest BCUT2D eigenvalue weighted by atomic mass is 9.98. The Bertz CT molecular complexity index is 676. The van der Waals surface area contributed by atoms with Crippen molar-refractivity contribution < 1.29 is 13.6 Å². The van der Waals surface area contributed by atoms with Crippen LogP contribution in [0.5, 0.6) is 0 Å². The summed E-state index contributed by atoms with van der Waals surface area (Å²) in [6, 6.07) is 20.4. The van der Waals surface area contributed by atoms with Crippen molar-refractivity contribution in [3.05, 3.63) is 71.8 Å². The van der Waals surface area contributed by atoms with Gasteiger partial charge in [0.05, 0.1) is 6.04 Å². The predicted octanol–water partition coefficient (Wildman–Crippen LogP) is 6.93. The van der Waals surface area contributed by atoms with Gasteiger partial charge in [0.25, 0.3) is 0 Å². The lowest BCUT2D eigenvalue weighted by Gasteiger charge is -2.30. The molecule has 0 aliphatic carbocycles. The second-order valence-corrected chi connectivity index (χ2v) is 9.83. The first-order valence-corrected chi connectivity index (χ1v) is 12.3. The lowest BCUT2D eigenvalue weighted by Crippen LogP contribution is -2.34. The van der Waals surface area contributed by atoms with E-state index >= 15 is 0 Å². The highest BCUT2D eigenvalue weighted by molar-refractivity contribution is 7.54. The molecule has 0 saturated heterocycles. The van der Waals surface area contributed by atoms with Crippen molar-refractivity contribution in [1.29, 1.82) is 0 Å². The van der Waals surface area contributed by atoms with Crippen molar-refractivity contribution in [2.24, 2.45) is 0 Å². The van der Waals surface area contributed by atoms with E-state index in [0.29, 0.717) is 0 Å². The van der Waals surface area contributed by atoms with Crippen LogP contribution in [-0.2, 0) is 13.6 Å². The Labute approximate surface area is 176 Å². The molecule has 0 bridgehead atoms. The molecule has 0 spiro atoms. The van der Waals surface area contributed by atoms with Crippen LogP contribution in [0.2, 0.25) is 0 Å². The average molecular weight is 418 g/mol. The Morgan fingerprint density at radius 1 is 0.793 bits per heavy atom. The fraction of sp³-hybridized carbons (Fsp3) is 0.500. The van der Waals surface area contributed by atoms with Crippen LogP contribution < -0.4 is 5.32 Å². The highest BCUT2D eigenvalue weighted by Crippen LogP contribution is 2.53. The van der Waals surface area contributed by atoms with Gasteiger partial charge < -0.3 is 9.05 Å². The number of rotatable bonds is 14. The molecule has 29 heavy (non-hydrogen) atoms. The Morgan fingerprint density at radius 3 is 1.76 bits per heavy atom. The number of hydrogen-bond acceptors (Lipinski definition) is 4. The molecule has 0 saturated carbocycles. The first-order chi connectivity index (χ1) is 14.1. The van der Waals surface area contributed by atoms with E-state index in [2.05, 4.69) is 36.5 Å². The Hall–Kier alpha value is -1.45. The summed E-state index contributed by atoms with van der Waals surface area (Å²) >= 11 is 0. The third kappa shape index (κ3) is 7.38. The molecule has 2 rings (SSSR count). The monoisotopic (exact) mass is 417 g/mol. The molecule has 1 unspecified atom stereocenters. The molecule has 2 aromatic rings. The molecule has 0 heterocycles. The molecule has 0 amide bonds. The fourth-order valence-corrected chi connectivity index (χ4v) is 5.14. The van der Waals surface area contributed by atoms with Crippen LogP contribution >= 0.6 is 7.60 Å². The molecular weight excluding hydrogens is 381 g/mol. The van der Waals surface area contributed by atoms with Gasteiger partial charge in [-0.15, -0.1) is 0 Å². The van der Waals surface area contributed by atoms with E-state index < -0.39 is 7.60 Å². The molecule has 0 radical (unpaired) electrons. The van der Waals surface area contributed by atoms with Crippen LogP contribution in [0.15, 0.2) is 60.7 Å². The zero-order chi connectivity index (χ0) is 21.0. The number of benzene rings is 2. The first-order valence-electron chi connectivity index (χ1n) is 10.7. The topological polar surface area (TPSA) is 47.6 Å². The van der Waals surface area contributed by atoms with Crippen LogP contribution in [0, 0.1) is 0 Å². The van der Waals surface area contributed by atoms with E-state index in [1.54, 1.807) is 0 Å². The van der Waals surface area contributed by atoms with Gasteiger partial charge in [0, 0.05) is 14.2 Å². The summed E-state index contributed by atoms with van der Waals surface area (Å²) in [6.07, 6.45) is 7.87. The standard InChI is InChI=1S/C24H36NO3P/c1-4-5-6-7-8-15-20-23(29(26,27-2)28-3)25-24(21-16-11-9-12-17-21)22-18-13-10-14-19-22/h9-14,16-19,23-25H,4-8,15,20H2,1-3H3. The number of unbranched alkanes of at least 4 members (excludes halogenated alkanes) is 5. The van der Waals surface area contributed by atoms with Crippen LogP contribution in [0.3, 0.4) is 0 Å². The second kappa shape index (κ2) is 13.0. The Kier molecular flexibility index (Phi) is 10.7. The average Bonchev–Trinajstić information content (AvgIpc) is 2.78. The van der Waals surface area contributed by atoms with E-state index in [9.17, 15) is 4.57 Å². The molecular formula is C24H36NO3P. The number of hydrogen-bond donors (Lipinski definition) is 1. The maximum atomic E-state index is 13.3. The molecule has 0 aliphatic heterocycles. The van der Waals surface area contributed by atoms with Crippen molar-refractivity contribution in [3.8, 4) is 0 Å². The van der Waals surface area contributed by atoms with E-state index in [0.717, 1.165) is 30.4 Å². The van der Waals surface area contributed by atoms with Crippen LogP contribution in [0.25, 0.3) is 0 Å². The molecule has 5 heteroatoms. The summed E-state index contributed by atoms with van der Waals surface area (Å²) in [7, 11) is -0.314. The summed E-state index contributed by atoms with van der Waals surface area (Å²) in [6.45, 7) is 2.22. The molecule has 2 aromatic carbocycles. The van der Waals surface area contributed by atoms with Gasteiger partial charge in [-0.3, -0.25) is 9.88 Å². The number of nitrogens with one attached hydrogen (secondary N) is 1. The predicted molar refractivity (Wildman–Crippen MR) is 121 cm³/mol. The Balaban J connectivity index is 2.19. The smallest absolute Gasteiger partial charge is 0.311 e. The Morgan fingerprint density at radius 2 is 1.28 bits per heavy atom. The SMILES string of the molecule is CCCCCCCCC(NC(c1ccccc1)c1ccccc1)P(=O)(OC)OC. The molecule has 0 aliphatic rings. The lowest BCUT2D eigenvalue weighted by molar-refractivity contribution is 0.253. The van der Waals surface area contributed by atoms with Crippen molar-refractivity contribution in [2.75, 3.05) is 14.2 Å². The highest BCUT2D eigenvalue weighted by Gasteiger charge is 2.35. The largest absolute Gasteiger partial charge is 0.346 e. The summed E-state index contributed by atoms with van der Waals surface area (Å²) in [5, 5.41) is 3.62. The van der Waals surface area contributed by atoms with Gasteiger partial charge in [0.15, 0.2) is 0 Å². The van der Waals surface area contributed by atoms with E-state index in [1.165, 1.54) is 39.9 Å². The summed E-state index contributed by atoms with van der Waals surface area (Å²) in [4.78, 5) is 0. The highest BCUT2D eigenvalue weighted by atomic mass is 31.2. The van der Waals surface area contributed by atoms with Crippen molar-refractivity contribution in [1.82, 2.24) is 5.32 Å². The van der Waals surface area contributed by atoms with Gasteiger partial charge in [-0.2, -0.15) is 0 Å². The quantitative estimate of drug-likeness (QED) is 0.267. The molecule has 160 valence electrons. The van der Waals surface area contributed by atoms with Crippen LogP contribution in [-0.4, -0.2) is 20.0 Å². The minimum absolute atomic E-state index is 0.0823. The van der Waals surface area contributed by atoms with Crippen molar-refractivity contribution in [3.63, 3.8) is 0 Å². The molecule has 4 nitrogen and oxygen atoms in total. The van der Waals surface area contributed by atoms with Crippen molar-refractivity contribution in [2.45, 2.75) is 63.7 Å². The van der Waals surface area contributed by atoms with Crippen LogP contribution in [0.1, 0.15) is 69.0 Å². The first kappa shape index (κ1) is 23.8. The zero-order valence-electron chi connectivity index (χ0n) is 18.0. The third-order valence-corrected chi connectivity index (χ3v) is 7.54. The van der Waals surface area contributed by atoms with Gasteiger partial charge in [0.2, 0.25) is 0 Å². The summed E-state index contributed by atoms with van der Waals surface area (Å²) in [5.41, 5.74) is 2.26. The molecule has 0 aromatic heterocycles. The fourth-order valence-electron chi connectivity index (χ4n) is 3.65. The van der Waals surface area contributed by atoms with E-state index in [1.807, 2.05) is 36.4 Å². The van der Waals surface area contributed by atoms with Gasteiger partial charge in [-0.05, 0) is 17.5 Å². The maximum absolute atomic E-state index is 13.3. The van der Waals surface area contributed by atoms with E-state index in [4.69, 9.17) is 9.05 Å². The zero-order valence-corrected chi connectivity index (χ0v) is 18.9.